The third kappa shape index (κ3) is 2.56. The molecule has 4 aromatic carbocycles. The molecule has 3 nitrogen and oxygen atoms in total. The van der Waals surface area contributed by atoms with Gasteiger partial charge < -0.3 is 5.32 Å². The molecular weight excluding hydrogens is 366 g/mol. The van der Waals surface area contributed by atoms with Gasteiger partial charge in [0.15, 0.2) is 0 Å². The van der Waals surface area contributed by atoms with E-state index in [0.717, 1.165) is 50.7 Å². The fourth-order valence-electron chi connectivity index (χ4n) is 4.23. The molecule has 0 bridgehead atoms. The zero-order valence-corrected chi connectivity index (χ0v) is 16.3. The molecule has 1 N–H and O–H groups in total. The van der Waals surface area contributed by atoms with E-state index in [1.165, 1.54) is 0 Å². The minimum absolute atomic E-state index is 0.986. The van der Waals surface area contributed by atoms with Crippen molar-refractivity contribution in [2.75, 3.05) is 5.32 Å². The second-order valence-corrected chi connectivity index (χ2v) is 7.40. The van der Waals surface area contributed by atoms with E-state index in [1.807, 2.05) is 12.1 Å². The molecule has 0 spiro atoms. The van der Waals surface area contributed by atoms with E-state index in [2.05, 4.69) is 107 Å². The van der Waals surface area contributed by atoms with Crippen molar-refractivity contribution in [1.82, 2.24) is 9.78 Å². The molecule has 142 valence electrons. The summed E-state index contributed by atoms with van der Waals surface area (Å²) in [4.78, 5) is 0. The summed E-state index contributed by atoms with van der Waals surface area (Å²) in [5, 5.41) is 8.81. The number of para-hydroxylation sites is 3. The Morgan fingerprint density at radius 2 is 1.13 bits per heavy atom. The van der Waals surface area contributed by atoms with E-state index in [9.17, 15) is 0 Å². The summed E-state index contributed by atoms with van der Waals surface area (Å²) in [5.41, 5.74) is 9.87. The minimum Gasteiger partial charge on any atom is -0.354 e. The SMILES string of the molecule is c1ccc(-c2nn(-c3ccccc3)c3c2-c2ccccc2Nc2ccccc2-3)cc1. The average molecular weight is 385 g/mol. The third-order valence-electron chi connectivity index (χ3n) is 5.58. The molecule has 1 aromatic heterocycles. The number of hydrogen-bond donors (Lipinski definition) is 1. The molecule has 6 rings (SSSR count). The van der Waals surface area contributed by atoms with Crippen molar-refractivity contribution in [3.05, 3.63) is 109 Å². The Morgan fingerprint density at radius 1 is 0.567 bits per heavy atom. The molecule has 3 heteroatoms. The van der Waals surface area contributed by atoms with Gasteiger partial charge in [0.05, 0.1) is 11.4 Å². The van der Waals surface area contributed by atoms with Gasteiger partial charge in [-0.3, -0.25) is 0 Å². The van der Waals surface area contributed by atoms with Crippen molar-refractivity contribution in [2.24, 2.45) is 0 Å². The Hall–Kier alpha value is -4.11. The topological polar surface area (TPSA) is 29.9 Å². The highest BCUT2D eigenvalue weighted by atomic mass is 15.3. The Bertz CT molecular complexity index is 1250. The van der Waals surface area contributed by atoms with Crippen LogP contribution >= 0.6 is 0 Å². The van der Waals surface area contributed by atoms with Crippen LogP contribution in [-0.2, 0) is 0 Å². The van der Waals surface area contributed by atoms with Gasteiger partial charge >= 0.3 is 0 Å². The zero-order chi connectivity index (χ0) is 19.9. The molecule has 2 heterocycles. The highest BCUT2D eigenvalue weighted by Crippen LogP contribution is 2.48. The van der Waals surface area contributed by atoms with Crippen LogP contribution in [0.1, 0.15) is 0 Å². The van der Waals surface area contributed by atoms with Crippen LogP contribution in [-0.4, -0.2) is 9.78 Å². The van der Waals surface area contributed by atoms with Crippen LogP contribution in [0.5, 0.6) is 0 Å². The molecule has 0 amide bonds. The Labute approximate surface area is 175 Å². The Balaban J connectivity index is 1.79. The van der Waals surface area contributed by atoms with Crippen molar-refractivity contribution < 1.29 is 0 Å². The van der Waals surface area contributed by atoms with E-state index >= 15 is 0 Å². The van der Waals surface area contributed by atoms with Crippen molar-refractivity contribution in [3.63, 3.8) is 0 Å². The van der Waals surface area contributed by atoms with Crippen LogP contribution in [0, 0.1) is 0 Å². The first-order valence-electron chi connectivity index (χ1n) is 10.1. The van der Waals surface area contributed by atoms with E-state index < -0.39 is 0 Å². The Kier molecular flexibility index (Phi) is 3.78. The van der Waals surface area contributed by atoms with E-state index in [4.69, 9.17) is 5.10 Å². The quantitative estimate of drug-likeness (QED) is 0.350. The van der Waals surface area contributed by atoms with Gasteiger partial charge in [0, 0.05) is 33.6 Å². The molecule has 0 fully saturated rings. The summed E-state index contributed by atoms with van der Waals surface area (Å²) >= 11 is 0. The number of fused-ring (bicyclic) bond motifs is 5. The van der Waals surface area contributed by atoms with Gasteiger partial charge in [-0.25, -0.2) is 4.68 Å². The monoisotopic (exact) mass is 385 g/mol. The van der Waals surface area contributed by atoms with Crippen molar-refractivity contribution in [2.45, 2.75) is 0 Å². The van der Waals surface area contributed by atoms with Crippen LogP contribution in [0.15, 0.2) is 109 Å². The molecule has 0 atom stereocenters. The molecule has 1 aliphatic rings. The lowest BCUT2D eigenvalue weighted by Crippen LogP contribution is -2.00. The Morgan fingerprint density at radius 3 is 1.87 bits per heavy atom. The molecule has 0 saturated carbocycles. The van der Waals surface area contributed by atoms with Crippen molar-refractivity contribution in [1.29, 1.82) is 0 Å². The maximum absolute atomic E-state index is 5.16. The predicted octanol–water partition coefficient (Wildman–Crippen LogP) is 6.93. The molecule has 0 aliphatic carbocycles. The highest BCUT2D eigenvalue weighted by Gasteiger charge is 2.28. The first kappa shape index (κ1) is 16.8. The summed E-state index contributed by atoms with van der Waals surface area (Å²) in [6.07, 6.45) is 0. The summed E-state index contributed by atoms with van der Waals surface area (Å²) in [6.45, 7) is 0. The molecule has 1 aliphatic heterocycles. The summed E-state index contributed by atoms with van der Waals surface area (Å²) in [7, 11) is 0. The van der Waals surface area contributed by atoms with Gasteiger partial charge in [-0.1, -0.05) is 84.9 Å². The average Bonchev–Trinajstić information content (AvgIpc) is 3.14. The lowest BCUT2D eigenvalue weighted by Gasteiger charge is -2.11. The number of rotatable bonds is 2. The number of benzene rings is 4. The number of aromatic nitrogens is 2. The number of anilines is 2. The first-order valence-corrected chi connectivity index (χ1v) is 10.1. The number of nitrogens with zero attached hydrogens (tertiary/aromatic N) is 2. The normalized spacial score (nSPS) is 11.6. The number of nitrogens with one attached hydrogen (secondary N) is 1. The van der Waals surface area contributed by atoms with Gasteiger partial charge in [-0.15, -0.1) is 0 Å². The molecule has 30 heavy (non-hydrogen) atoms. The van der Waals surface area contributed by atoms with Crippen LogP contribution in [0.3, 0.4) is 0 Å². The van der Waals surface area contributed by atoms with Crippen LogP contribution in [0.4, 0.5) is 11.4 Å². The van der Waals surface area contributed by atoms with Crippen LogP contribution in [0.2, 0.25) is 0 Å². The summed E-state index contributed by atoms with van der Waals surface area (Å²) < 4.78 is 2.08. The lowest BCUT2D eigenvalue weighted by molar-refractivity contribution is 0.892. The molecule has 0 radical (unpaired) electrons. The van der Waals surface area contributed by atoms with E-state index in [1.54, 1.807) is 0 Å². The molecule has 5 aromatic rings. The van der Waals surface area contributed by atoms with Gasteiger partial charge in [-0.05, 0) is 24.3 Å². The fraction of sp³-hybridized carbons (Fsp3) is 0. The molecular formula is C27H19N3. The third-order valence-corrected chi connectivity index (χ3v) is 5.58. The van der Waals surface area contributed by atoms with Gasteiger partial charge in [0.2, 0.25) is 0 Å². The van der Waals surface area contributed by atoms with E-state index in [-0.39, 0.29) is 0 Å². The van der Waals surface area contributed by atoms with Gasteiger partial charge in [0.1, 0.15) is 5.69 Å². The lowest BCUT2D eigenvalue weighted by atomic mass is 9.95. The molecule has 0 saturated heterocycles. The van der Waals surface area contributed by atoms with Crippen molar-refractivity contribution in [3.8, 4) is 39.3 Å². The largest absolute Gasteiger partial charge is 0.354 e. The maximum atomic E-state index is 5.16. The zero-order valence-electron chi connectivity index (χ0n) is 16.3. The van der Waals surface area contributed by atoms with Crippen LogP contribution in [0.25, 0.3) is 39.3 Å². The second kappa shape index (κ2) is 6.75. The van der Waals surface area contributed by atoms with Crippen molar-refractivity contribution >= 4 is 11.4 Å². The van der Waals surface area contributed by atoms with Crippen LogP contribution < -0.4 is 5.32 Å². The smallest absolute Gasteiger partial charge is 0.101 e. The summed E-state index contributed by atoms with van der Waals surface area (Å²) in [6, 6.07) is 37.7. The second-order valence-electron chi connectivity index (χ2n) is 7.40. The standard InChI is InChI=1S/C27H19N3/c1-3-11-19(12-4-1)26-25-21-15-7-9-17-23(21)28-24-18-10-8-16-22(24)27(25)30(29-26)20-13-5-2-6-14-20/h1-18,28H. The summed E-state index contributed by atoms with van der Waals surface area (Å²) in [5.74, 6) is 0. The predicted molar refractivity (Wildman–Crippen MR) is 123 cm³/mol. The van der Waals surface area contributed by atoms with Gasteiger partial charge in [0.25, 0.3) is 0 Å². The van der Waals surface area contributed by atoms with E-state index in [0.29, 0.717) is 0 Å². The highest BCUT2D eigenvalue weighted by molar-refractivity contribution is 6.02. The first-order chi connectivity index (χ1) is 14.9. The maximum Gasteiger partial charge on any atom is 0.101 e. The number of hydrogen-bond acceptors (Lipinski definition) is 2. The van der Waals surface area contributed by atoms with Gasteiger partial charge in [-0.2, -0.15) is 5.10 Å². The fourth-order valence-corrected chi connectivity index (χ4v) is 4.23. The molecule has 0 unspecified atom stereocenters. The minimum atomic E-state index is 0.986.